The van der Waals surface area contributed by atoms with E-state index in [0.717, 1.165) is 30.8 Å². The van der Waals surface area contributed by atoms with Crippen LogP contribution in [0.5, 0.6) is 0 Å². The summed E-state index contributed by atoms with van der Waals surface area (Å²) in [6, 6.07) is 0.705. The van der Waals surface area contributed by atoms with E-state index in [-0.39, 0.29) is 0 Å². The molecular formula is C19H37N3O. The quantitative estimate of drug-likeness (QED) is 0.728. The maximum atomic E-state index is 5.50. The zero-order valence-electron chi connectivity index (χ0n) is 15.2. The Balaban J connectivity index is 1.34. The van der Waals surface area contributed by atoms with Gasteiger partial charge in [-0.25, -0.2) is 0 Å². The van der Waals surface area contributed by atoms with Crippen molar-refractivity contribution in [2.45, 2.75) is 83.1 Å². The van der Waals surface area contributed by atoms with Crippen LogP contribution in [0.25, 0.3) is 0 Å². The van der Waals surface area contributed by atoms with Gasteiger partial charge >= 0.3 is 0 Å². The lowest BCUT2D eigenvalue weighted by molar-refractivity contribution is 0.0414. The van der Waals surface area contributed by atoms with Crippen molar-refractivity contribution >= 4 is 0 Å². The number of nitrogens with one attached hydrogen (secondary N) is 3. The first kappa shape index (κ1) is 17.7. The SMILES string of the molecule is CCC1CCC(NC2NCC(C3CCC(OC)CC3)CN2)CC1. The largest absolute Gasteiger partial charge is 0.381 e. The Morgan fingerprint density at radius 2 is 1.52 bits per heavy atom. The van der Waals surface area contributed by atoms with E-state index < -0.39 is 0 Å². The fourth-order valence-electron chi connectivity index (χ4n) is 4.90. The van der Waals surface area contributed by atoms with Crippen LogP contribution in [0, 0.1) is 17.8 Å². The molecule has 0 aromatic heterocycles. The predicted octanol–water partition coefficient (Wildman–Crippen LogP) is 2.84. The van der Waals surface area contributed by atoms with Crippen molar-refractivity contribution < 1.29 is 4.74 Å². The van der Waals surface area contributed by atoms with E-state index in [1.165, 1.54) is 57.8 Å². The summed E-state index contributed by atoms with van der Waals surface area (Å²) in [6.45, 7) is 4.66. The summed E-state index contributed by atoms with van der Waals surface area (Å²) in [4.78, 5) is 0. The highest BCUT2D eigenvalue weighted by atomic mass is 16.5. The van der Waals surface area contributed by atoms with Crippen molar-refractivity contribution in [3.05, 3.63) is 0 Å². The van der Waals surface area contributed by atoms with E-state index in [9.17, 15) is 0 Å². The molecule has 2 aliphatic carbocycles. The summed E-state index contributed by atoms with van der Waals surface area (Å²) < 4.78 is 5.50. The minimum atomic E-state index is 0.324. The third-order valence-electron chi connectivity index (χ3n) is 6.71. The minimum absolute atomic E-state index is 0.324. The Labute approximate surface area is 142 Å². The van der Waals surface area contributed by atoms with Crippen LogP contribution in [-0.2, 0) is 4.74 Å². The second kappa shape index (κ2) is 8.80. The number of ether oxygens (including phenoxy) is 1. The van der Waals surface area contributed by atoms with Gasteiger partial charge in [-0.15, -0.1) is 0 Å². The summed E-state index contributed by atoms with van der Waals surface area (Å²) >= 11 is 0. The van der Waals surface area contributed by atoms with Gasteiger partial charge in [-0.05, 0) is 69.1 Å². The molecule has 0 amide bonds. The van der Waals surface area contributed by atoms with Crippen molar-refractivity contribution in [1.29, 1.82) is 0 Å². The number of rotatable bonds is 5. The maximum absolute atomic E-state index is 5.50. The molecule has 134 valence electrons. The Bertz CT molecular complexity index is 328. The Hall–Kier alpha value is -0.160. The first-order valence-electron chi connectivity index (χ1n) is 10.0. The molecule has 0 atom stereocenters. The first-order chi connectivity index (χ1) is 11.3. The highest BCUT2D eigenvalue weighted by Gasteiger charge is 2.31. The summed E-state index contributed by atoms with van der Waals surface area (Å²) in [7, 11) is 1.86. The van der Waals surface area contributed by atoms with Crippen molar-refractivity contribution in [2.24, 2.45) is 17.8 Å². The lowest BCUT2D eigenvalue weighted by Crippen LogP contribution is -2.63. The number of hydrogen-bond acceptors (Lipinski definition) is 4. The van der Waals surface area contributed by atoms with E-state index in [0.29, 0.717) is 18.4 Å². The fourth-order valence-corrected chi connectivity index (χ4v) is 4.90. The number of methoxy groups -OCH3 is 1. The summed E-state index contributed by atoms with van der Waals surface area (Å²) in [6.07, 6.45) is 12.9. The predicted molar refractivity (Wildman–Crippen MR) is 95.2 cm³/mol. The molecule has 4 nitrogen and oxygen atoms in total. The highest BCUT2D eigenvalue weighted by Crippen LogP contribution is 2.32. The average molecular weight is 324 g/mol. The summed E-state index contributed by atoms with van der Waals surface area (Å²) in [5.41, 5.74) is 0. The van der Waals surface area contributed by atoms with Crippen LogP contribution < -0.4 is 16.0 Å². The lowest BCUT2D eigenvalue weighted by Gasteiger charge is -2.40. The molecule has 1 aliphatic heterocycles. The van der Waals surface area contributed by atoms with E-state index in [1.54, 1.807) is 0 Å². The Morgan fingerprint density at radius 1 is 0.870 bits per heavy atom. The molecule has 4 heteroatoms. The van der Waals surface area contributed by atoms with Gasteiger partial charge in [-0.3, -0.25) is 16.0 Å². The van der Waals surface area contributed by atoms with E-state index >= 15 is 0 Å². The molecule has 0 radical (unpaired) electrons. The highest BCUT2D eigenvalue weighted by molar-refractivity contribution is 4.86. The normalized spacial score (nSPS) is 42.5. The second-order valence-corrected chi connectivity index (χ2v) is 8.07. The van der Waals surface area contributed by atoms with Crippen LogP contribution in [-0.4, -0.2) is 38.6 Å². The van der Waals surface area contributed by atoms with Gasteiger partial charge in [0, 0.05) is 26.2 Å². The monoisotopic (exact) mass is 323 g/mol. The van der Waals surface area contributed by atoms with Gasteiger partial charge in [-0.2, -0.15) is 0 Å². The molecule has 0 spiro atoms. The molecule has 0 bridgehead atoms. The summed E-state index contributed by atoms with van der Waals surface area (Å²) in [5.74, 6) is 2.65. The molecule has 3 aliphatic rings. The zero-order chi connectivity index (χ0) is 16.1. The van der Waals surface area contributed by atoms with Crippen LogP contribution in [0.4, 0.5) is 0 Å². The molecule has 0 unspecified atom stereocenters. The van der Waals surface area contributed by atoms with Gasteiger partial charge in [0.15, 0.2) is 0 Å². The van der Waals surface area contributed by atoms with Crippen molar-refractivity contribution in [1.82, 2.24) is 16.0 Å². The van der Waals surface area contributed by atoms with Crippen molar-refractivity contribution in [3.8, 4) is 0 Å². The van der Waals surface area contributed by atoms with Gasteiger partial charge in [0.2, 0.25) is 0 Å². The van der Waals surface area contributed by atoms with E-state index in [2.05, 4.69) is 22.9 Å². The molecule has 0 aromatic rings. The van der Waals surface area contributed by atoms with Crippen LogP contribution in [0.3, 0.4) is 0 Å². The van der Waals surface area contributed by atoms with Crippen LogP contribution >= 0.6 is 0 Å². The van der Waals surface area contributed by atoms with E-state index in [1.807, 2.05) is 7.11 Å². The van der Waals surface area contributed by atoms with Crippen molar-refractivity contribution in [3.63, 3.8) is 0 Å². The summed E-state index contributed by atoms with van der Waals surface area (Å²) in [5, 5.41) is 11.2. The molecule has 3 fully saturated rings. The molecule has 23 heavy (non-hydrogen) atoms. The molecule has 3 rings (SSSR count). The third kappa shape index (κ3) is 4.91. The third-order valence-corrected chi connectivity index (χ3v) is 6.71. The maximum Gasteiger partial charge on any atom is 0.112 e. The fraction of sp³-hybridized carbons (Fsp3) is 1.00. The van der Waals surface area contributed by atoms with Crippen molar-refractivity contribution in [2.75, 3.05) is 20.2 Å². The van der Waals surface area contributed by atoms with Gasteiger partial charge in [0.25, 0.3) is 0 Å². The minimum Gasteiger partial charge on any atom is -0.381 e. The molecule has 1 heterocycles. The zero-order valence-corrected chi connectivity index (χ0v) is 15.2. The standard InChI is InChI=1S/C19H37N3O/c1-3-14-4-8-17(9-5-14)22-19-20-12-16(13-21-19)15-6-10-18(23-2)11-7-15/h14-22H,3-13H2,1-2H3. The van der Waals surface area contributed by atoms with Gasteiger partial charge < -0.3 is 4.74 Å². The molecule has 3 N–H and O–H groups in total. The first-order valence-corrected chi connectivity index (χ1v) is 10.0. The molecular weight excluding hydrogens is 286 g/mol. The van der Waals surface area contributed by atoms with E-state index in [4.69, 9.17) is 4.74 Å². The Morgan fingerprint density at radius 3 is 2.09 bits per heavy atom. The molecule has 2 saturated carbocycles. The second-order valence-electron chi connectivity index (χ2n) is 8.07. The topological polar surface area (TPSA) is 45.3 Å². The Kier molecular flexibility index (Phi) is 6.75. The van der Waals surface area contributed by atoms with Crippen LogP contribution in [0.2, 0.25) is 0 Å². The van der Waals surface area contributed by atoms with Gasteiger partial charge in [0.05, 0.1) is 6.10 Å². The van der Waals surface area contributed by atoms with Crippen LogP contribution in [0.1, 0.15) is 64.7 Å². The molecule has 0 aromatic carbocycles. The molecule has 1 saturated heterocycles. The van der Waals surface area contributed by atoms with Gasteiger partial charge in [0.1, 0.15) is 6.29 Å². The lowest BCUT2D eigenvalue weighted by atomic mass is 9.78. The van der Waals surface area contributed by atoms with Crippen LogP contribution in [0.15, 0.2) is 0 Å². The smallest absolute Gasteiger partial charge is 0.112 e. The number of hydrogen-bond donors (Lipinski definition) is 3. The average Bonchev–Trinajstić information content (AvgIpc) is 2.63. The van der Waals surface area contributed by atoms with Gasteiger partial charge in [-0.1, -0.05) is 13.3 Å².